The minimum absolute atomic E-state index is 0.716. The van der Waals surface area contributed by atoms with Gasteiger partial charge in [0.2, 0.25) is 0 Å². The Hall–Kier alpha value is -1.62. The zero-order valence-electron chi connectivity index (χ0n) is 10.0. The normalized spacial score (nSPS) is 15.4. The molecule has 3 rings (SSSR count). The lowest BCUT2D eigenvalue weighted by Gasteiger charge is -2.08. The summed E-state index contributed by atoms with van der Waals surface area (Å²) in [6.07, 6.45) is 10.3. The summed E-state index contributed by atoms with van der Waals surface area (Å²) in [5.74, 6) is 2.13. The molecule has 2 aromatic heterocycles. The second-order valence-corrected chi connectivity index (χ2v) is 4.58. The molecule has 1 saturated carbocycles. The number of hydrogen-bond acceptors (Lipinski definition) is 3. The number of aryl methyl sites for hydroxylation is 1. The van der Waals surface area contributed by atoms with Crippen LogP contribution in [-0.4, -0.2) is 25.1 Å². The van der Waals surface area contributed by atoms with E-state index in [0.717, 1.165) is 24.7 Å². The average molecular weight is 231 g/mol. The van der Waals surface area contributed by atoms with Gasteiger partial charge in [0, 0.05) is 37.9 Å². The number of imidazole rings is 2. The van der Waals surface area contributed by atoms with Crippen molar-refractivity contribution in [3.8, 4) is 0 Å². The fraction of sp³-hybridized carbons (Fsp3) is 0.500. The van der Waals surface area contributed by atoms with E-state index in [4.69, 9.17) is 0 Å². The Morgan fingerprint density at radius 1 is 1.24 bits per heavy atom. The molecule has 2 aromatic rings. The summed E-state index contributed by atoms with van der Waals surface area (Å²) in [5.41, 5.74) is 0. The molecule has 5 nitrogen and oxygen atoms in total. The standard InChI is InChI=1S/C12H17N5/c1-16-6-4-14-12(16)9-17-7-5-13-11(17)8-15-10-2-3-10/h4-7,10,15H,2-3,8-9H2,1H3. The maximum absolute atomic E-state index is 4.39. The molecule has 0 aromatic carbocycles. The van der Waals surface area contributed by atoms with Crippen LogP contribution in [0.5, 0.6) is 0 Å². The summed E-state index contributed by atoms with van der Waals surface area (Å²) in [6, 6.07) is 0.716. The van der Waals surface area contributed by atoms with E-state index in [1.54, 1.807) is 0 Å². The molecule has 0 bridgehead atoms. The van der Waals surface area contributed by atoms with E-state index >= 15 is 0 Å². The van der Waals surface area contributed by atoms with Crippen molar-refractivity contribution in [3.05, 3.63) is 36.4 Å². The highest BCUT2D eigenvalue weighted by Crippen LogP contribution is 2.19. The summed E-state index contributed by atoms with van der Waals surface area (Å²) in [4.78, 5) is 8.72. The van der Waals surface area contributed by atoms with Gasteiger partial charge in [-0.2, -0.15) is 0 Å². The van der Waals surface area contributed by atoms with Crippen molar-refractivity contribution in [2.24, 2.45) is 7.05 Å². The van der Waals surface area contributed by atoms with Crippen molar-refractivity contribution in [2.75, 3.05) is 0 Å². The Balaban J connectivity index is 1.69. The third-order valence-electron chi connectivity index (χ3n) is 3.16. The predicted molar refractivity (Wildman–Crippen MR) is 64.4 cm³/mol. The molecule has 0 radical (unpaired) electrons. The lowest BCUT2D eigenvalue weighted by atomic mass is 10.5. The molecule has 1 N–H and O–H groups in total. The Morgan fingerprint density at radius 2 is 2.00 bits per heavy atom. The van der Waals surface area contributed by atoms with Crippen molar-refractivity contribution in [1.82, 2.24) is 24.4 Å². The number of hydrogen-bond donors (Lipinski definition) is 1. The minimum Gasteiger partial charge on any atom is -0.337 e. The highest BCUT2D eigenvalue weighted by molar-refractivity contribution is 4.99. The topological polar surface area (TPSA) is 47.7 Å². The molecule has 1 aliphatic rings. The van der Waals surface area contributed by atoms with Crippen LogP contribution in [-0.2, 0) is 20.1 Å². The molecule has 0 amide bonds. The predicted octanol–water partition coefficient (Wildman–Crippen LogP) is 0.917. The van der Waals surface area contributed by atoms with E-state index < -0.39 is 0 Å². The van der Waals surface area contributed by atoms with E-state index in [9.17, 15) is 0 Å². The van der Waals surface area contributed by atoms with Crippen LogP contribution >= 0.6 is 0 Å². The van der Waals surface area contributed by atoms with E-state index in [1.807, 2.05) is 36.4 Å². The first-order valence-corrected chi connectivity index (χ1v) is 6.02. The molecule has 0 saturated heterocycles. The molecule has 0 aliphatic heterocycles. The fourth-order valence-electron chi connectivity index (χ4n) is 1.88. The number of rotatable bonds is 5. The molecular formula is C12H17N5. The number of nitrogens with zero attached hydrogens (tertiary/aromatic N) is 4. The van der Waals surface area contributed by atoms with Gasteiger partial charge in [0.15, 0.2) is 0 Å². The first kappa shape index (κ1) is 10.5. The summed E-state index contributed by atoms with van der Waals surface area (Å²) in [5, 5.41) is 3.48. The highest BCUT2D eigenvalue weighted by Gasteiger charge is 2.20. The molecule has 17 heavy (non-hydrogen) atoms. The van der Waals surface area contributed by atoms with Gasteiger partial charge in [0.25, 0.3) is 0 Å². The van der Waals surface area contributed by atoms with Crippen LogP contribution in [0, 0.1) is 0 Å². The Bertz CT molecular complexity index is 494. The first-order chi connectivity index (χ1) is 8.33. The zero-order valence-corrected chi connectivity index (χ0v) is 10.0. The smallest absolute Gasteiger partial charge is 0.128 e. The van der Waals surface area contributed by atoms with E-state index in [0.29, 0.717) is 6.04 Å². The summed E-state index contributed by atoms with van der Waals surface area (Å²) in [6.45, 7) is 1.63. The first-order valence-electron chi connectivity index (χ1n) is 6.02. The van der Waals surface area contributed by atoms with E-state index in [1.165, 1.54) is 12.8 Å². The lowest BCUT2D eigenvalue weighted by molar-refractivity contribution is 0.602. The Morgan fingerprint density at radius 3 is 2.71 bits per heavy atom. The van der Waals surface area contributed by atoms with Gasteiger partial charge in [-0.3, -0.25) is 0 Å². The summed E-state index contributed by atoms with van der Waals surface area (Å²) >= 11 is 0. The molecular weight excluding hydrogens is 214 g/mol. The lowest BCUT2D eigenvalue weighted by Crippen LogP contribution is -2.19. The van der Waals surface area contributed by atoms with Crippen LogP contribution in [0.1, 0.15) is 24.5 Å². The van der Waals surface area contributed by atoms with Gasteiger partial charge in [-0.15, -0.1) is 0 Å². The monoisotopic (exact) mass is 231 g/mol. The number of nitrogens with one attached hydrogen (secondary N) is 1. The number of aromatic nitrogens is 4. The van der Waals surface area contributed by atoms with Crippen molar-refractivity contribution in [3.63, 3.8) is 0 Å². The van der Waals surface area contributed by atoms with Crippen molar-refractivity contribution in [1.29, 1.82) is 0 Å². The van der Waals surface area contributed by atoms with Gasteiger partial charge in [-0.05, 0) is 12.8 Å². The van der Waals surface area contributed by atoms with Crippen molar-refractivity contribution < 1.29 is 0 Å². The fourth-order valence-corrected chi connectivity index (χ4v) is 1.88. The van der Waals surface area contributed by atoms with Crippen LogP contribution in [0.15, 0.2) is 24.8 Å². The van der Waals surface area contributed by atoms with Gasteiger partial charge >= 0.3 is 0 Å². The molecule has 5 heteroatoms. The second kappa shape index (κ2) is 4.33. The summed E-state index contributed by atoms with van der Waals surface area (Å²) in [7, 11) is 2.02. The third kappa shape index (κ3) is 2.39. The molecule has 0 unspecified atom stereocenters. The van der Waals surface area contributed by atoms with Crippen LogP contribution in [0.25, 0.3) is 0 Å². The van der Waals surface area contributed by atoms with Crippen LogP contribution in [0.4, 0.5) is 0 Å². The van der Waals surface area contributed by atoms with Crippen LogP contribution in [0.3, 0.4) is 0 Å². The molecule has 1 aliphatic carbocycles. The maximum Gasteiger partial charge on any atom is 0.128 e. The average Bonchev–Trinajstić information content (AvgIpc) is 2.92. The molecule has 90 valence electrons. The van der Waals surface area contributed by atoms with Gasteiger partial charge < -0.3 is 14.5 Å². The van der Waals surface area contributed by atoms with Gasteiger partial charge in [-0.25, -0.2) is 9.97 Å². The Kier molecular flexibility index (Phi) is 2.68. The second-order valence-electron chi connectivity index (χ2n) is 4.58. The largest absolute Gasteiger partial charge is 0.337 e. The van der Waals surface area contributed by atoms with Crippen LogP contribution < -0.4 is 5.32 Å². The van der Waals surface area contributed by atoms with E-state index in [-0.39, 0.29) is 0 Å². The Labute approximate surface area is 100 Å². The third-order valence-corrected chi connectivity index (χ3v) is 3.16. The van der Waals surface area contributed by atoms with E-state index in [2.05, 4.69) is 19.9 Å². The quantitative estimate of drug-likeness (QED) is 0.832. The molecule has 1 fully saturated rings. The van der Waals surface area contributed by atoms with Gasteiger partial charge in [0.1, 0.15) is 11.6 Å². The highest BCUT2D eigenvalue weighted by atomic mass is 15.1. The minimum atomic E-state index is 0.716. The SMILES string of the molecule is Cn1ccnc1Cn1ccnc1CNC1CC1. The zero-order chi connectivity index (χ0) is 11.7. The molecule has 0 spiro atoms. The van der Waals surface area contributed by atoms with Crippen molar-refractivity contribution in [2.45, 2.75) is 32.0 Å². The van der Waals surface area contributed by atoms with Gasteiger partial charge in [0.05, 0.1) is 13.1 Å². The molecule has 0 atom stereocenters. The van der Waals surface area contributed by atoms with Crippen molar-refractivity contribution >= 4 is 0 Å². The maximum atomic E-state index is 4.39. The van der Waals surface area contributed by atoms with Crippen LogP contribution in [0.2, 0.25) is 0 Å². The molecule has 2 heterocycles. The summed E-state index contributed by atoms with van der Waals surface area (Å²) < 4.78 is 4.19. The van der Waals surface area contributed by atoms with Gasteiger partial charge in [-0.1, -0.05) is 0 Å².